The first-order valence-electron chi connectivity index (χ1n) is 6.83. The smallest absolute Gasteiger partial charge is 0.334 e. The Balaban J connectivity index is 2.16. The Labute approximate surface area is 124 Å². The minimum Gasteiger partial charge on any atom is -0.449 e. The number of hydrogen-bond acceptors (Lipinski definition) is 2. The fourth-order valence-corrected chi connectivity index (χ4v) is 2.65. The summed E-state index contributed by atoms with van der Waals surface area (Å²) in [7, 11) is 0. The Bertz CT molecular complexity index is 706. The van der Waals surface area contributed by atoms with Crippen LogP contribution in [0.25, 0.3) is 5.57 Å². The Morgan fingerprint density at radius 2 is 1.48 bits per heavy atom. The normalized spacial score (nSPS) is 13.3. The van der Waals surface area contributed by atoms with E-state index in [9.17, 15) is 4.79 Å². The third-order valence-electron chi connectivity index (χ3n) is 3.71. The van der Waals surface area contributed by atoms with Crippen molar-refractivity contribution < 1.29 is 9.53 Å². The summed E-state index contributed by atoms with van der Waals surface area (Å²) in [5.74, 6) is -0.378. The first-order chi connectivity index (χ1) is 10.1. The van der Waals surface area contributed by atoms with Crippen LogP contribution in [0, 0.1) is 0 Å². The molecular weight excluding hydrogens is 260 g/mol. The van der Waals surface area contributed by atoms with Gasteiger partial charge >= 0.3 is 5.97 Å². The molecule has 2 nitrogen and oxygen atoms in total. The van der Waals surface area contributed by atoms with E-state index in [2.05, 4.69) is 13.2 Å². The molecule has 3 rings (SSSR count). The average molecular weight is 276 g/mol. The van der Waals surface area contributed by atoms with Crippen LogP contribution < -0.4 is 0 Å². The van der Waals surface area contributed by atoms with Gasteiger partial charge in [-0.05, 0) is 23.6 Å². The fraction of sp³-hybridized carbons (Fsp3) is 0.105. The van der Waals surface area contributed by atoms with Gasteiger partial charge in [-0.25, -0.2) is 4.79 Å². The molecule has 0 bridgehead atoms. The minimum atomic E-state index is -0.410. The molecule has 21 heavy (non-hydrogen) atoms. The predicted octanol–water partition coefficient (Wildman–Crippen LogP) is 4.27. The second kappa shape index (κ2) is 5.06. The zero-order chi connectivity index (χ0) is 15.0. The van der Waals surface area contributed by atoms with E-state index in [0.29, 0.717) is 5.57 Å². The third kappa shape index (κ3) is 2.19. The van der Waals surface area contributed by atoms with Crippen LogP contribution in [0.15, 0.2) is 67.3 Å². The van der Waals surface area contributed by atoms with E-state index in [4.69, 9.17) is 4.74 Å². The van der Waals surface area contributed by atoms with E-state index in [1.54, 1.807) is 6.92 Å². The molecule has 0 radical (unpaired) electrons. The number of carbonyl (C=O) groups excluding carboxylic acids is 1. The van der Waals surface area contributed by atoms with Gasteiger partial charge in [0, 0.05) is 16.7 Å². The molecule has 0 spiro atoms. The van der Waals surface area contributed by atoms with Crippen LogP contribution in [0.3, 0.4) is 0 Å². The fourth-order valence-electron chi connectivity index (χ4n) is 2.65. The van der Waals surface area contributed by atoms with Crippen LogP contribution in [0.2, 0.25) is 0 Å². The van der Waals surface area contributed by atoms with Gasteiger partial charge in [-0.2, -0.15) is 0 Å². The van der Waals surface area contributed by atoms with Gasteiger partial charge in [0.25, 0.3) is 0 Å². The Morgan fingerprint density at radius 3 is 1.95 bits per heavy atom. The highest BCUT2D eigenvalue weighted by atomic mass is 16.5. The topological polar surface area (TPSA) is 26.3 Å². The van der Waals surface area contributed by atoms with Crippen LogP contribution in [-0.4, -0.2) is 5.97 Å². The minimum absolute atomic E-state index is 0.378. The molecule has 0 saturated heterocycles. The van der Waals surface area contributed by atoms with Gasteiger partial charge in [-0.1, -0.05) is 61.7 Å². The molecule has 1 aliphatic carbocycles. The number of ether oxygens (including phenoxy) is 1. The van der Waals surface area contributed by atoms with E-state index in [1.165, 1.54) is 0 Å². The molecule has 2 aromatic rings. The molecule has 0 fully saturated rings. The molecule has 0 saturated carbocycles. The molecule has 0 amide bonds. The molecular formula is C19H16O2. The zero-order valence-electron chi connectivity index (χ0n) is 11.9. The van der Waals surface area contributed by atoms with Crippen LogP contribution >= 0.6 is 0 Å². The summed E-state index contributed by atoms with van der Waals surface area (Å²) in [5.41, 5.74) is 5.34. The van der Waals surface area contributed by atoms with Crippen molar-refractivity contribution in [3.8, 4) is 0 Å². The van der Waals surface area contributed by atoms with Gasteiger partial charge in [0.15, 0.2) is 6.10 Å². The Kier molecular flexibility index (Phi) is 3.22. The Morgan fingerprint density at radius 1 is 1.00 bits per heavy atom. The lowest BCUT2D eigenvalue weighted by atomic mass is 9.81. The van der Waals surface area contributed by atoms with Crippen molar-refractivity contribution in [3.63, 3.8) is 0 Å². The second-order valence-corrected chi connectivity index (χ2v) is 5.22. The third-order valence-corrected chi connectivity index (χ3v) is 3.71. The highest BCUT2D eigenvalue weighted by Gasteiger charge is 2.30. The average Bonchev–Trinajstić information content (AvgIpc) is 2.51. The summed E-state index contributed by atoms with van der Waals surface area (Å²) < 4.78 is 5.67. The molecule has 104 valence electrons. The molecule has 0 aliphatic heterocycles. The molecule has 2 heteroatoms. The molecule has 0 aromatic heterocycles. The van der Waals surface area contributed by atoms with E-state index < -0.39 is 6.10 Å². The summed E-state index contributed by atoms with van der Waals surface area (Å²) in [6.07, 6.45) is -0.410. The number of benzene rings is 2. The summed E-state index contributed by atoms with van der Waals surface area (Å²) in [6, 6.07) is 15.8. The SMILES string of the molecule is C=C(C)C(=O)OC1c2ccccc2C(=C)c2ccccc21. The summed E-state index contributed by atoms with van der Waals surface area (Å²) in [6.45, 7) is 9.50. The van der Waals surface area contributed by atoms with E-state index in [0.717, 1.165) is 27.8 Å². The molecule has 2 aromatic carbocycles. The largest absolute Gasteiger partial charge is 0.449 e. The van der Waals surface area contributed by atoms with Gasteiger partial charge < -0.3 is 4.74 Å². The number of carbonyl (C=O) groups is 1. The van der Waals surface area contributed by atoms with Crippen molar-refractivity contribution in [1.82, 2.24) is 0 Å². The predicted molar refractivity (Wildman–Crippen MR) is 83.8 cm³/mol. The number of hydrogen-bond donors (Lipinski definition) is 0. The van der Waals surface area contributed by atoms with Crippen molar-refractivity contribution >= 4 is 11.5 Å². The van der Waals surface area contributed by atoms with Gasteiger partial charge in [0.05, 0.1) is 0 Å². The maximum atomic E-state index is 12.0. The van der Waals surface area contributed by atoms with Crippen LogP contribution in [-0.2, 0) is 9.53 Å². The van der Waals surface area contributed by atoms with Gasteiger partial charge in [0.2, 0.25) is 0 Å². The monoisotopic (exact) mass is 276 g/mol. The van der Waals surface area contributed by atoms with Crippen molar-refractivity contribution in [3.05, 3.63) is 89.5 Å². The van der Waals surface area contributed by atoms with Crippen LogP contribution in [0.4, 0.5) is 0 Å². The van der Waals surface area contributed by atoms with E-state index >= 15 is 0 Å². The molecule has 0 heterocycles. The highest BCUT2D eigenvalue weighted by molar-refractivity contribution is 5.89. The maximum Gasteiger partial charge on any atom is 0.334 e. The lowest BCUT2D eigenvalue weighted by molar-refractivity contribution is -0.142. The van der Waals surface area contributed by atoms with Gasteiger partial charge in [-0.15, -0.1) is 0 Å². The first-order valence-corrected chi connectivity index (χ1v) is 6.83. The summed E-state index contributed by atoms with van der Waals surface area (Å²) in [5, 5.41) is 0. The van der Waals surface area contributed by atoms with Crippen molar-refractivity contribution in [2.45, 2.75) is 13.0 Å². The van der Waals surface area contributed by atoms with Crippen molar-refractivity contribution in [2.24, 2.45) is 0 Å². The molecule has 0 unspecified atom stereocenters. The molecule has 0 atom stereocenters. The number of esters is 1. The highest BCUT2D eigenvalue weighted by Crippen LogP contribution is 2.42. The number of fused-ring (bicyclic) bond motifs is 2. The molecule has 1 aliphatic rings. The number of rotatable bonds is 2. The van der Waals surface area contributed by atoms with E-state index in [1.807, 2.05) is 48.5 Å². The maximum absolute atomic E-state index is 12.0. The van der Waals surface area contributed by atoms with Crippen LogP contribution in [0.5, 0.6) is 0 Å². The lowest BCUT2D eigenvalue weighted by Gasteiger charge is -2.29. The van der Waals surface area contributed by atoms with Gasteiger partial charge in [-0.3, -0.25) is 0 Å². The summed E-state index contributed by atoms with van der Waals surface area (Å²) in [4.78, 5) is 12.0. The van der Waals surface area contributed by atoms with Crippen LogP contribution in [0.1, 0.15) is 35.3 Å². The first kappa shape index (κ1) is 13.4. The summed E-state index contributed by atoms with van der Waals surface area (Å²) >= 11 is 0. The van der Waals surface area contributed by atoms with E-state index in [-0.39, 0.29) is 5.97 Å². The zero-order valence-corrected chi connectivity index (χ0v) is 11.9. The molecule has 0 N–H and O–H groups in total. The van der Waals surface area contributed by atoms with Crippen molar-refractivity contribution in [1.29, 1.82) is 0 Å². The van der Waals surface area contributed by atoms with Crippen molar-refractivity contribution in [2.75, 3.05) is 0 Å². The lowest BCUT2D eigenvalue weighted by Crippen LogP contribution is -2.19. The van der Waals surface area contributed by atoms with Gasteiger partial charge in [0.1, 0.15) is 0 Å². The Hall–Kier alpha value is -2.61. The second-order valence-electron chi connectivity index (χ2n) is 5.22. The quantitative estimate of drug-likeness (QED) is 0.605. The standard InChI is InChI=1S/C19H16O2/c1-12(2)19(20)21-18-16-10-6-4-8-14(16)13(3)15-9-5-7-11-17(15)18/h4-11,18H,1,3H2,2H3.